The van der Waals surface area contributed by atoms with Crippen LogP contribution in [-0.2, 0) is 17.6 Å². The molecule has 3 aromatic rings. The molecule has 8 heteroatoms. The molecule has 4 saturated carbocycles. The summed E-state index contributed by atoms with van der Waals surface area (Å²) in [5, 5.41) is 17.1. The van der Waals surface area contributed by atoms with Crippen molar-refractivity contribution in [3.05, 3.63) is 63.3 Å². The number of carbonyl (C=O) groups is 1. The number of hydrogen-bond acceptors (Lipinski definition) is 6. The Morgan fingerprint density at radius 2 is 1.68 bits per heavy atom. The van der Waals surface area contributed by atoms with Gasteiger partial charge in [0.05, 0.1) is 4.70 Å². The van der Waals surface area contributed by atoms with E-state index in [0.717, 1.165) is 84.9 Å². The lowest BCUT2D eigenvalue weighted by Gasteiger charge is -2.57. The van der Waals surface area contributed by atoms with Crippen LogP contribution in [0.5, 0.6) is 5.75 Å². The molecule has 2 aromatic carbocycles. The monoisotopic (exact) mass is 562 g/mol. The van der Waals surface area contributed by atoms with Crippen LogP contribution in [0.4, 0.5) is 0 Å². The number of rotatable bonds is 13. The number of amides is 1. The molecule has 4 aliphatic carbocycles. The Balaban J connectivity index is 0.997. The first-order chi connectivity index (χ1) is 19.4. The van der Waals surface area contributed by atoms with E-state index in [2.05, 4.69) is 44.8 Å². The summed E-state index contributed by atoms with van der Waals surface area (Å²) in [7, 11) is 0. The molecule has 0 saturated heterocycles. The lowest BCUT2D eigenvalue weighted by molar-refractivity contribution is -0.127. The third-order valence-electron chi connectivity index (χ3n) is 9.47. The molecule has 4 fully saturated rings. The van der Waals surface area contributed by atoms with Gasteiger partial charge in [0.15, 0.2) is 0 Å². The van der Waals surface area contributed by atoms with Crippen LogP contribution in [-0.4, -0.2) is 59.2 Å². The minimum absolute atomic E-state index is 0.0785. The van der Waals surface area contributed by atoms with E-state index in [1.54, 1.807) is 6.07 Å². The number of carbonyl (C=O) groups excluding carboxylic acids is 1. The zero-order valence-electron chi connectivity index (χ0n) is 23.3. The quantitative estimate of drug-likeness (QED) is 0.231. The molecule has 0 radical (unpaired) electrons. The first-order valence-corrected chi connectivity index (χ1v) is 15.9. The van der Waals surface area contributed by atoms with Crippen LogP contribution in [0.3, 0.4) is 0 Å². The Kier molecular flexibility index (Phi) is 8.28. The number of phenolic OH excluding ortho intramolecular Hbond substituents is 1. The number of nitrogens with one attached hydrogen (secondary N) is 3. The predicted octanol–water partition coefficient (Wildman–Crippen LogP) is 4.45. The van der Waals surface area contributed by atoms with Crippen molar-refractivity contribution in [1.82, 2.24) is 20.5 Å². The Bertz CT molecular complexity index is 1330. The number of thiazole rings is 1. The highest BCUT2D eigenvalue weighted by Gasteiger charge is 2.51. The van der Waals surface area contributed by atoms with Crippen molar-refractivity contribution in [2.75, 3.05) is 32.7 Å². The summed E-state index contributed by atoms with van der Waals surface area (Å²) in [4.78, 5) is 30.0. The van der Waals surface area contributed by atoms with Gasteiger partial charge < -0.3 is 25.6 Å². The van der Waals surface area contributed by atoms with E-state index in [4.69, 9.17) is 0 Å². The van der Waals surface area contributed by atoms with Crippen molar-refractivity contribution >= 4 is 27.5 Å². The summed E-state index contributed by atoms with van der Waals surface area (Å²) in [5.41, 5.74) is 2.99. The van der Waals surface area contributed by atoms with Gasteiger partial charge in [-0.1, -0.05) is 47.7 Å². The number of fused-ring (bicyclic) bond motifs is 1. The highest BCUT2D eigenvalue weighted by molar-refractivity contribution is 7.16. The molecule has 1 amide bonds. The molecular formula is C32H42N4O3S. The second kappa shape index (κ2) is 12.0. The van der Waals surface area contributed by atoms with Crippen LogP contribution < -0.4 is 15.5 Å². The van der Waals surface area contributed by atoms with E-state index < -0.39 is 0 Å². The first-order valence-electron chi connectivity index (χ1n) is 15.1. The van der Waals surface area contributed by atoms with Gasteiger partial charge in [-0.2, -0.15) is 0 Å². The second-order valence-corrected chi connectivity index (χ2v) is 13.5. The molecule has 0 spiro atoms. The van der Waals surface area contributed by atoms with Crippen molar-refractivity contribution < 1.29 is 9.90 Å². The third-order valence-corrected chi connectivity index (χ3v) is 10.4. The predicted molar refractivity (Wildman–Crippen MR) is 161 cm³/mol. The van der Waals surface area contributed by atoms with Crippen LogP contribution in [0.2, 0.25) is 0 Å². The molecule has 1 aromatic heterocycles. The molecule has 40 heavy (non-hydrogen) atoms. The largest absolute Gasteiger partial charge is 0.506 e. The van der Waals surface area contributed by atoms with Gasteiger partial charge >= 0.3 is 4.87 Å². The summed E-state index contributed by atoms with van der Waals surface area (Å²) in [6.07, 6.45) is 10.0. The van der Waals surface area contributed by atoms with Gasteiger partial charge in [0.2, 0.25) is 5.91 Å². The molecule has 0 aliphatic heterocycles. The highest BCUT2D eigenvalue weighted by Crippen LogP contribution is 2.55. The fourth-order valence-corrected chi connectivity index (χ4v) is 8.90. The van der Waals surface area contributed by atoms with Gasteiger partial charge in [-0.05, 0) is 92.9 Å². The number of aromatic nitrogens is 1. The van der Waals surface area contributed by atoms with Crippen molar-refractivity contribution in [1.29, 1.82) is 0 Å². The van der Waals surface area contributed by atoms with Crippen molar-refractivity contribution in [2.45, 2.75) is 63.3 Å². The molecule has 4 N–H and O–H groups in total. The molecule has 4 aliphatic rings. The Hall–Kier alpha value is -2.68. The summed E-state index contributed by atoms with van der Waals surface area (Å²) in [6.45, 7) is 4.18. The summed E-state index contributed by atoms with van der Waals surface area (Å²) in [6, 6.07) is 14.1. The van der Waals surface area contributed by atoms with Gasteiger partial charge in [-0.15, -0.1) is 0 Å². The van der Waals surface area contributed by atoms with Gasteiger partial charge in [-0.25, -0.2) is 0 Å². The maximum Gasteiger partial charge on any atom is 0.305 e. The molecule has 214 valence electrons. The number of nitrogens with zero attached hydrogens (tertiary/aromatic N) is 1. The number of phenols is 1. The molecule has 0 unspecified atom stereocenters. The Morgan fingerprint density at radius 3 is 2.40 bits per heavy atom. The lowest BCUT2D eigenvalue weighted by Crippen LogP contribution is -2.60. The first kappa shape index (κ1) is 27.5. The van der Waals surface area contributed by atoms with Crippen LogP contribution in [0, 0.1) is 17.8 Å². The average molecular weight is 563 g/mol. The van der Waals surface area contributed by atoms with E-state index >= 15 is 0 Å². The van der Waals surface area contributed by atoms with Crippen molar-refractivity contribution in [2.24, 2.45) is 17.8 Å². The maximum absolute atomic E-state index is 13.2. The Labute approximate surface area is 240 Å². The molecule has 4 bridgehead atoms. The number of H-pyrrole nitrogens is 1. The number of benzene rings is 2. The molecule has 1 heterocycles. The fourth-order valence-electron chi connectivity index (χ4n) is 8.00. The van der Waals surface area contributed by atoms with Crippen molar-refractivity contribution in [3.63, 3.8) is 0 Å². The van der Waals surface area contributed by atoms with E-state index in [1.807, 2.05) is 12.1 Å². The van der Waals surface area contributed by atoms with Crippen molar-refractivity contribution in [3.8, 4) is 5.75 Å². The molecular weight excluding hydrogens is 520 g/mol. The standard InChI is InChI=1S/C32H42N4O3S/c37-27-7-6-26(30-29(27)34-31(39)40-30)8-11-33-12-15-36(13-9-22-4-2-1-3-5-22)14-10-28(38)35-32-19-23-16-24(20-32)18-25(17-23)21-32/h1-7,23-25,33,37H,8-21H2,(H,34,39)(H,35,38). The zero-order valence-corrected chi connectivity index (χ0v) is 24.1. The maximum atomic E-state index is 13.2. The topological polar surface area (TPSA) is 97.5 Å². The lowest BCUT2D eigenvalue weighted by atomic mass is 9.53. The highest BCUT2D eigenvalue weighted by atomic mass is 32.1. The average Bonchev–Trinajstić information content (AvgIpc) is 3.33. The van der Waals surface area contributed by atoms with E-state index in [-0.39, 0.29) is 22.1 Å². The number of aromatic hydroxyl groups is 1. The smallest absolute Gasteiger partial charge is 0.305 e. The van der Waals surface area contributed by atoms with Crippen LogP contribution in [0.25, 0.3) is 10.2 Å². The van der Waals surface area contributed by atoms with Crippen LogP contribution in [0.1, 0.15) is 56.1 Å². The number of hydrogen-bond donors (Lipinski definition) is 4. The number of aromatic amines is 1. The normalized spacial score (nSPS) is 25.2. The van der Waals surface area contributed by atoms with Gasteiger partial charge in [-0.3, -0.25) is 9.59 Å². The minimum atomic E-state index is -0.146. The van der Waals surface area contributed by atoms with Gasteiger partial charge in [0.25, 0.3) is 0 Å². The SMILES string of the molecule is O=C(CCN(CCNCCc1ccc(O)c2[nH]c(=O)sc12)CCc1ccccc1)NC12CC3CC(CC(C3)C1)C2. The van der Waals surface area contributed by atoms with E-state index in [0.29, 0.717) is 11.9 Å². The summed E-state index contributed by atoms with van der Waals surface area (Å²) >= 11 is 1.15. The zero-order chi connectivity index (χ0) is 27.5. The second-order valence-electron chi connectivity index (χ2n) is 12.5. The van der Waals surface area contributed by atoms with E-state index in [1.165, 1.54) is 44.1 Å². The molecule has 0 atom stereocenters. The fraction of sp³-hybridized carbons (Fsp3) is 0.562. The van der Waals surface area contributed by atoms with Crippen LogP contribution >= 0.6 is 11.3 Å². The van der Waals surface area contributed by atoms with Crippen LogP contribution in [0.15, 0.2) is 47.3 Å². The van der Waals surface area contributed by atoms with E-state index in [9.17, 15) is 14.7 Å². The Morgan fingerprint density at radius 1 is 0.950 bits per heavy atom. The summed E-state index contributed by atoms with van der Waals surface area (Å²) < 4.78 is 0.835. The van der Waals surface area contributed by atoms with Gasteiger partial charge in [0.1, 0.15) is 11.3 Å². The van der Waals surface area contributed by atoms with Gasteiger partial charge in [0, 0.05) is 38.1 Å². The summed E-state index contributed by atoms with van der Waals surface area (Å²) in [5.74, 6) is 2.83. The minimum Gasteiger partial charge on any atom is -0.506 e. The molecule has 7 nitrogen and oxygen atoms in total. The molecule has 7 rings (SSSR count). The third kappa shape index (κ3) is 6.45.